The summed E-state index contributed by atoms with van der Waals surface area (Å²) in [5, 5.41) is 16.0. The molecule has 1 aromatic heterocycles. The maximum absolute atomic E-state index is 11.4. The molecule has 8 heteroatoms. The molecule has 2 heterocycles. The number of hydrogen-bond acceptors (Lipinski definition) is 6. The molecule has 1 aliphatic heterocycles. The van der Waals surface area contributed by atoms with Crippen molar-refractivity contribution in [2.24, 2.45) is 5.14 Å². The molecule has 0 saturated carbocycles. The molecule has 0 radical (unpaired) electrons. The first kappa shape index (κ1) is 18.7. The van der Waals surface area contributed by atoms with Crippen LogP contribution in [0.3, 0.4) is 0 Å². The number of sulfonamides is 1. The summed E-state index contributed by atoms with van der Waals surface area (Å²) in [5.74, 6) is 0.824. The number of aliphatic hydroxyl groups is 1. The summed E-state index contributed by atoms with van der Waals surface area (Å²) in [6.45, 7) is 3.01. The monoisotopic (exact) mass is 398 g/mol. The van der Waals surface area contributed by atoms with Crippen LogP contribution < -0.4 is 14.9 Å². The summed E-state index contributed by atoms with van der Waals surface area (Å²) in [7, 11) is -3.68. The van der Waals surface area contributed by atoms with Gasteiger partial charge in [-0.2, -0.15) is 0 Å². The van der Waals surface area contributed by atoms with E-state index in [-0.39, 0.29) is 11.5 Å². The number of primary sulfonamides is 1. The van der Waals surface area contributed by atoms with E-state index >= 15 is 0 Å². The van der Waals surface area contributed by atoms with E-state index in [1.54, 1.807) is 12.1 Å². The summed E-state index contributed by atoms with van der Waals surface area (Å²) in [6, 6.07) is 16.5. The maximum atomic E-state index is 11.4. The Balaban J connectivity index is 1.52. The van der Waals surface area contributed by atoms with E-state index in [4.69, 9.17) is 10.1 Å². The Kier molecular flexibility index (Phi) is 4.92. The van der Waals surface area contributed by atoms with Gasteiger partial charge in [-0.1, -0.05) is 18.2 Å². The molecule has 0 unspecified atom stereocenters. The first-order chi connectivity index (χ1) is 13.5. The summed E-state index contributed by atoms with van der Waals surface area (Å²) >= 11 is 0. The number of nitrogens with zero attached hydrogens (tertiary/aromatic N) is 3. The van der Waals surface area contributed by atoms with Crippen LogP contribution in [-0.4, -0.2) is 44.7 Å². The molecule has 2 aromatic carbocycles. The van der Waals surface area contributed by atoms with Crippen molar-refractivity contribution in [3.8, 4) is 0 Å². The van der Waals surface area contributed by atoms with Crippen LogP contribution in [0.2, 0.25) is 0 Å². The van der Waals surface area contributed by atoms with E-state index in [1.165, 1.54) is 12.1 Å². The minimum absolute atomic E-state index is 0.0532. The SMILES string of the molecule is NS(=O)(=O)c1ccc(N2CCN(c3nc4ccccc4cc3CO)CC2)cc1. The molecule has 3 N–H and O–H groups in total. The zero-order chi connectivity index (χ0) is 19.7. The summed E-state index contributed by atoms with van der Waals surface area (Å²) in [6.07, 6.45) is 0. The van der Waals surface area contributed by atoms with Crippen LogP contribution in [0.25, 0.3) is 10.9 Å². The minimum atomic E-state index is -3.68. The molecule has 1 fully saturated rings. The van der Waals surface area contributed by atoms with Gasteiger partial charge in [-0.25, -0.2) is 18.5 Å². The fraction of sp³-hybridized carbons (Fsp3) is 0.250. The van der Waals surface area contributed by atoms with E-state index in [1.807, 2.05) is 30.3 Å². The average Bonchev–Trinajstić information content (AvgIpc) is 2.72. The van der Waals surface area contributed by atoms with Crippen LogP contribution in [0.4, 0.5) is 11.5 Å². The molecular weight excluding hydrogens is 376 g/mol. The Labute approximate surface area is 164 Å². The van der Waals surface area contributed by atoms with Crippen LogP contribution in [-0.2, 0) is 16.6 Å². The Morgan fingerprint density at radius 3 is 2.25 bits per heavy atom. The van der Waals surface area contributed by atoms with Gasteiger partial charge in [0.1, 0.15) is 5.82 Å². The van der Waals surface area contributed by atoms with Crippen LogP contribution in [0.1, 0.15) is 5.56 Å². The van der Waals surface area contributed by atoms with Crippen molar-refractivity contribution in [3.05, 3.63) is 60.2 Å². The number of anilines is 2. The van der Waals surface area contributed by atoms with Crippen LogP contribution in [0.15, 0.2) is 59.5 Å². The fourth-order valence-electron chi connectivity index (χ4n) is 3.56. The second kappa shape index (κ2) is 7.38. The van der Waals surface area contributed by atoms with Crippen molar-refractivity contribution in [1.29, 1.82) is 0 Å². The number of hydrogen-bond donors (Lipinski definition) is 2. The zero-order valence-corrected chi connectivity index (χ0v) is 16.1. The van der Waals surface area contributed by atoms with Gasteiger partial charge >= 0.3 is 0 Å². The Bertz CT molecular complexity index is 1090. The van der Waals surface area contributed by atoms with E-state index in [0.717, 1.165) is 54.2 Å². The van der Waals surface area contributed by atoms with Crippen molar-refractivity contribution in [3.63, 3.8) is 0 Å². The van der Waals surface area contributed by atoms with E-state index in [9.17, 15) is 13.5 Å². The second-order valence-electron chi connectivity index (χ2n) is 6.83. The van der Waals surface area contributed by atoms with Crippen molar-refractivity contribution in [2.45, 2.75) is 11.5 Å². The smallest absolute Gasteiger partial charge is 0.238 e. The highest BCUT2D eigenvalue weighted by atomic mass is 32.2. The van der Waals surface area contributed by atoms with Crippen LogP contribution >= 0.6 is 0 Å². The molecule has 4 rings (SSSR count). The van der Waals surface area contributed by atoms with Crippen LogP contribution in [0.5, 0.6) is 0 Å². The number of nitrogens with two attached hydrogens (primary N) is 1. The molecule has 3 aromatic rings. The summed E-state index contributed by atoms with van der Waals surface area (Å²) in [4.78, 5) is 9.27. The number of piperazine rings is 1. The van der Waals surface area contributed by atoms with Gasteiger partial charge in [-0.05, 0) is 36.4 Å². The number of fused-ring (bicyclic) bond motifs is 1. The van der Waals surface area contributed by atoms with Crippen molar-refractivity contribution < 1.29 is 13.5 Å². The topological polar surface area (TPSA) is 99.8 Å². The molecule has 0 amide bonds. The fourth-order valence-corrected chi connectivity index (χ4v) is 4.08. The zero-order valence-electron chi connectivity index (χ0n) is 15.3. The Morgan fingerprint density at radius 2 is 1.61 bits per heavy atom. The van der Waals surface area contributed by atoms with E-state index in [2.05, 4.69) is 9.80 Å². The molecule has 1 aliphatic rings. The number of aliphatic hydroxyl groups excluding tert-OH is 1. The molecule has 146 valence electrons. The minimum Gasteiger partial charge on any atom is -0.392 e. The van der Waals surface area contributed by atoms with Gasteiger partial charge in [0.15, 0.2) is 0 Å². The van der Waals surface area contributed by atoms with Gasteiger partial charge in [0.25, 0.3) is 0 Å². The first-order valence-corrected chi connectivity index (χ1v) is 10.6. The summed E-state index contributed by atoms with van der Waals surface area (Å²) in [5.41, 5.74) is 2.70. The molecule has 0 atom stereocenters. The van der Waals surface area contributed by atoms with Gasteiger partial charge in [-0.15, -0.1) is 0 Å². The number of para-hydroxylation sites is 1. The van der Waals surface area contributed by atoms with Crippen molar-refractivity contribution in [1.82, 2.24) is 4.98 Å². The lowest BCUT2D eigenvalue weighted by Crippen LogP contribution is -2.47. The lowest BCUT2D eigenvalue weighted by molar-refractivity contribution is 0.281. The van der Waals surface area contributed by atoms with Gasteiger partial charge in [0, 0.05) is 42.8 Å². The predicted molar refractivity (Wildman–Crippen MR) is 110 cm³/mol. The molecule has 0 aliphatic carbocycles. The molecule has 7 nitrogen and oxygen atoms in total. The highest BCUT2D eigenvalue weighted by Crippen LogP contribution is 2.26. The molecule has 28 heavy (non-hydrogen) atoms. The van der Waals surface area contributed by atoms with E-state index in [0.29, 0.717) is 0 Å². The second-order valence-corrected chi connectivity index (χ2v) is 8.40. The van der Waals surface area contributed by atoms with Crippen molar-refractivity contribution in [2.75, 3.05) is 36.0 Å². The third kappa shape index (κ3) is 3.66. The van der Waals surface area contributed by atoms with Gasteiger partial charge in [-0.3, -0.25) is 0 Å². The Hall–Kier alpha value is -2.68. The summed E-state index contributed by atoms with van der Waals surface area (Å²) < 4.78 is 22.8. The first-order valence-electron chi connectivity index (χ1n) is 9.08. The average molecular weight is 398 g/mol. The Morgan fingerprint density at radius 1 is 0.964 bits per heavy atom. The van der Waals surface area contributed by atoms with Gasteiger partial charge in [0.2, 0.25) is 10.0 Å². The molecular formula is C20H22N4O3S. The third-order valence-corrected chi connectivity index (χ3v) is 5.99. The normalized spacial score (nSPS) is 15.2. The molecule has 0 spiro atoms. The number of rotatable bonds is 4. The molecule has 1 saturated heterocycles. The lowest BCUT2D eigenvalue weighted by atomic mass is 10.1. The predicted octanol–water partition coefficient (Wildman–Crippen LogP) is 1.70. The highest BCUT2D eigenvalue weighted by Gasteiger charge is 2.21. The van der Waals surface area contributed by atoms with E-state index < -0.39 is 10.0 Å². The third-order valence-electron chi connectivity index (χ3n) is 5.06. The largest absolute Gasteiger partial charge is 0.392 e. The van der Waals surface area contributed by atoms with Gasteiger partial charge in [0.05, 0.1) is 17.0 Å². The number of pyridine rings is 1. The van der Waals surface area contributed by atoms with Crippen molar-refractivity contribution >= 4 is 32.4 Å². The quantitative estimate of drug-likeness (QED) is 0.694. The number of benzene rings is 2. The highest BCUT2D eigenvalue weighted by molar-refractivity contribution is 7.89. The van der Waals surface area contributed by atoms with Crippen LogP contribution in [0, 0.1) is 0 Å². The molecule has 0 bridgehead atoms. The number of aromatic nitrogens is 1. The maximum Gasteiger partial charge on any atom is 0.238 e. The standard InChI is InChI=1S/C20H22N4O3S/c21-28(26,27)18-7-5-17(6-8-18)23-9-11-24(12-10-23)20-16(14-25)13-15-3-1-2-4-19(15)22-20/h1-8,13,25H,9-12,14H2,(H2,21,26,27). The van der Waals surface area contributed by atoms with Gasteiger partial charge < -0.3 is 14.9 Å². The lowest BCUT2D eigenvalue weighted by Gasteiger charge is -2.37.